The van der Waals surface area contributed by atoms with Crippen molar-refractivity contribution in [3.63, 3.8) is 0 Å². The summed E-state index contributed by atoms with van der Waals surface area (Å²) in [5.74, 6) is -1.71. The van der Waals surface area contributed by atoms with Gasteiger partial charge in [-0.05, 0) is 37.9 Å². The molecule has 4 rings (SSSR count). The maximum atomic E-state index is 13.6. The third kappa shape index (κ3) is 2.94. The normalized spacial score (nSPS) is 30.0. The highest BCUT2D eigenvalue weighted by atomic mass is 19.3. The van der Waals surface area contributed by atoms with Crippen LogP contribution in [-0.2, 0) is 13.1 Å². The first-order chi connectivity index (χ1) is 11.0. The molecular formula is C17H23F2N3O. The molecule has 6 heteroatoms. The SMILES string of the molecule is O=c1c(CN2CCCC(F)(F)C2)ccc2n1C[C@@H]1CNC[C@H]2C1. The van der Waals surface area contributed by atoms with Gasteiger partial charge in [0.1, 0.15) is 0 Å². The molecule has 4 nitrogen and oxygen atoms in total. The minimum Gasteiger partial charge on any atom is -0.316 e. The molecule has 0 amide bonds. The lowest BCUT2D eigenvalue weighted by molar-refractivity contribution is -0.0662. The van der Waals surface area contributed by atoms with Crippen molar-refractivity contribution < 1.29 is 8.78 Å². The van der Waals surface area contributed by atoms with Crippen molar-refractivity contribution in [3.8, 4) is 0 Å². The van der Waals surface area contributed by atoms with Crippen LogP contribution < -0.4 is 10.9 Å². The van der Waals surface area contributed by atoms with E-state index in [2.05, 4.69) is 5.32 Å². The van der Waals surface area contributed by atoms with E-state index in [0.717, 1.165) is 31.7 Å². The monoisotopic (exact) mass is 323 g/mol. The third-order valence-corrected chi connectivity index (χ3v) is 5.45. The van der Waals surface area contributed by atoms with Crippen molar-refractivity contribution in [1.29, 1.82) is 0 Å². The van der Waals surface area contributed by atoms with E-state index in [1.165, 1.54) is 0 Å². The fourth-order valence-corrected chi connectivity index (χ4v) is 4.38. The Kier molecular flexibility index (Phi) is 3.76. The van der Waals surface area contributed by atoms with Crippen molar-refractivity contribution in [2.75, 3.05) is 26.2 Å². The molecule has 2 fully saturated rings. The van der Waals surface area contributed by atoms with Crippen molar-refractivity contribution in [3.05, 3.63) is 33.7 Å². The van der Waals surface area contributed by atoms with Crippen LogP contribution in [0, 0.1) is 5.92 Å². The minimum absolute atomic E-state index is 0.0213. The number of likely N-dealkylation sites (tertiary alicyclic amines) is 1. The topological polar surface area (TPSA) is 37.3 Å². The zero-order valence-corrected chi connectivity index (χ0v) is 13.2. The van der Waals surface area contributed by atoms with Gasteiger partial charge in [0.05, 0.1) is 6.54 Å². The van der Waals surface area contributed by atoms with Crippen LogP contribution in [0.3, 0.4) is 0 Å². The number of aromatic nitrogens is 1. The van der Waals surface area contributed by atoms with Gasteiger partial charge in [-0.15, -0.1) is 0 Å². The van der Waals surface area contributed by atoms with E-state index in [1.54, 1.807) is 4.90 Å². The summed E-state index contributed by atoms with van der Waals surface area (Å²) in [6.07, 6.45) is 1.60. The van der Waals surface area contributed by atoms with Gasteiger partial charge in [-0.25, -0.2) is 8.78 Å². The van der Waals surface area contributed by atoms with E-state index in [9.17, 15) is 13.6 Å². The summed E-state index contributed by atoms with van der Waals surface area (Å²) in [5.41, 5.74) is 1.78. The van der Waals surface area contributed by atoms with Gasteiger partial charge >= 0.3 is 0 Å². The standard InChI is InChI=1S/C17H23F2N3O/c18-17(19)4-1-5-21(11-17)10-13-2-3-15-14-6-12(7-20-8-14)9-22(15)16(13)23/h2-3,12,14,20H,1,4-11H2/t12-,14+/m0/s1. The summed E-state index contributed by atoms with van der Waals surface area (Å²) in [7, 11) is 0. The smallest absolute Gasteiger partial charge is 0.260 e. The molecule has 126 valence electrons. The Morgan fingerprint density at radius 2 is 2.17 bits per heavy atom. The molecule has 1 N–H and O–H groups in total. The van der Waals surface area contributed by atoms with Gasteiger partial charge in [0.25, 0.3) is 11.5 Å². The first-order valence-corrected chi connectivity index (χ1v) is 8.55. The van der Waals surface area contributed by atoms with Crippen LogP contribution in [0.4, 0.5) is 8.78 Å². The van der Waals surface area contributed by atoms with Gasteiger partial charge < -0.3 is 9.88 Å². The highest BCUT2D eigenvalue weighted by Crippen LogP contribution is 2.32. The van der Waals surface area contributed by atoms with E-state index in [-0.39, 0.29) is 18.5 Å². The predicted molar refractivity (Wildman–Crippen MR) is 83.9 cm³/mol. The minimum atomic E-state index is -2.62. The Morgan fingerprint density at radius 3 is 3.00 bits per heavy atom. The molecule has 0 aromatic carbocycles. The second kappa shape index (κ2) is 5.67. The molecule has 0 saturated carbocycles. The Labute approximate surface area is 134 Å². The van der Waals surface area contributed by atoms with Crippen molar-refractivity contribution in [1.82, 2.24) is 14.8 Å². The Hall–Kier alpha value is -1.27. The first kappa shape index (κ1) is 15.3. The molecule has 1 aromatic heterocycles. The third-order valence-electron chi connectivity index (χ3n) is 5.45. The summed E-state index contributed by atoms with van der Waals surface area (Å²) in [4.78, 5) is 14.5. The lowest BCUT2D eigenvalue weighted by Crippen LogP contribution is -2.46. The summed E-state index contributed by atoms with van der Waals surface area (Å²) < 4.78 is 29.0. The molecule has 1 aromatic rings. The maximum absolute atomic E-state index is 13.6. The quantitative estimate of drug-likeness (QED) is 0.902. The van der Waals surface area contributed by atoms with Crippen LogP contribution >= 0.6 is 0 Å². The summed E-state index contributed by atoms with van der Waals surface area (Å²) >= 11 is 0. The highest BCUT2D eigenvalue weighted by Gasteiger charge is 2.36. The maximum Gasteiger partial charge on any atom is 0.260 e. The van der Waals surface area contributed by atoms with Crippen molar-refractivity contribution >= 4 is 0 Å². The van der Waals surface area contributed by atoms with Crippen LogP contribution in [0.25, 0.3) is 0 Å². The zero-order valence-electron chi connectivity index (χ0n) is 13.2. The molecule has 3 aliphatic rings. The number of alkyl halides is 2. The fraction of sp³-hybridized carbons (Fsp3) is 0.706. The average Bonchev–Trinajstić information content (AvgIpc) is 2.50. The number of nitrogens with one attached hydrogen (secondary N) is 1. The summed E-state index contributed by atoms with van der Waals surface area (Å²) in [6, 6.07) is 3.89. The Morgan fingerprint density at radius 1 is 1.30 bits per heavy atom. The number of halogens is 2. The second-order valence-corrected chi connectivity index (χ2v) is 7.33. The van der Waals surface area contributed by atoms with Gasteiger partial charge in [0.15, 0.2) is 0 Å². The van der Waals surface area contributed by atoms with Crippen LogP contribution in [0.1, 0.15) is 36.4 Å². The molecule has 2 bridgehead atoms. The van der Waals surface area contributed by atoms with Gasteiger partial charge in [-0.2, -0.15) is 0 Å². The number of fused-ring (bicyclic) bond motifs is 4. The molecule has 0 radical (unpaired) electrons. The number of hydrogen-bond acceptors (Lipinski definition) is 3. The lowest BCUT2D eigenvalue weighted by Gasteiger charge is -2.38. The van der Waals surface area contributed by atoms with Crippen LogP contribution in [0.2, 0.25) is 0 Å². The highest BCUT2D eigenvalue weighted by molar-refractivity contribution is 5.22. The Bertz CT molecular complexity index is 658. The van der Waals surface area contributed by atoms with Gasteiger partial charge in [0, 0.05) is 43.2 Å². The number of nitrogens with zero attached hydrogens (tertiary/aromatic N) is 2. The molecule has 0 spiro atoms. The van der Waals surface area contributed by atoms with Crippen LogP contribution in [0.5, 0.6) is 0 Å². The molecule has 0 unspecified atom stereocenters. The molecule has 3 aliphatic heterocycles. The van der Waals surface area contributed by atoms with E-state index in [4.69, 9.17) is 0 Å². The van der Waals surface area contributed by atoms with Gasteiger partial charge in [0.2, 0.25) is 0 Å². The summed E-state index contributed by atoms with van der Waals surface area (Å²) in [6.45, 7) is 3.39. The van der Waals surface area contributed by atoms with Gasteiger partial charge in [-0.3, -0.25) is 9.69 Å². The molecular weight excluding hydrogens is 300 g/mol. The molecule has 23 heavy (non-hydrogen) atoms. The molecule has 0 aliphatic carbocycles. The largest absolute Gasteiger partial charge is 0.316 e. The molecule has 2 atom stereocenters. The van der Waals surface area contributed by atoms with E-state index in [1.807, 2.05) is 16.7 Å². The van der Waals surface area contributed by atoms with Crippen molar-refractivity contribution in [2.24, 2.45) is 5.92 Å². The van der Waals surface area contributed by atoms with Gasteiger partial charge in [-0.1, -0.05) is 6.07 Å². The van der Waals surface area contributed by atoms with E-state index < -0.39 is 5.92 Å². The second-order valence-electron chi connectivity index (χ2n) is 7.33. The fourth-order valence-electron chi connectivity index (χ4n) is 4.38. The Balaban J connectivity index is 1.59. The first-order valence-electron chi connectivity index (χ1n) is 8.55. The van der Waals surface area contributed by atoms with E-state index in [0.29, 0.717) is 36.9 Å². The molecule has 2 saturated heterocycles. The van der Waals surface area contributed by atoms with E-state index >= 15 is 0 Å². The van der Waals surface area contributed by atoms with Crippen LogP contribution in [0.15, 0.2) is 16.9 Å². The zero-order chi connectivity index (χ0) is 16.0. The average molecular weight is 323 g/mol. The predicted octanol–water partition coefficient (Wildman–Crippen LogP) is 1.79. The van der Waals surface area contributed by atoms with Crippen molar-refractivity contribution in [2.45, 2.75) is 44.2 Å². The number of hydrogen-bond donors (Lipinski definition) is 1. The lowest BCUT2D eigenvalue weighted by atomic mass is 9.84. The number of rotatable bonds is 2. The number of piperidine rings is 2. The molecule has 4 heterocycles. The summed E-state index contributed by atoms with van der Waals surface area (Å²) in [5, 5.41) is 3.43. The number of pyridine rings is 1. The van der Waals surface area contributed by atoms with Crippen LogP contribution in [-0.4, -0.2) is 41.6 Å².